The lowest BCUT2D eigenvalue weighted by Gasteiger charge is -2.31. The van der Waals surface area contributed by atoms with Gasteiger partial charge in [-0.3, -0.25) is 4.79 Å². The van der Waals surface area contributed by atoms with Crippen LogP contribution in [0.25, 0.3) is 0 Å². The lowest BCUT2D eigenvalue weighted by atomic mass is 10.2. The quantitative estimate of drug-likeness (QED) is 0.879. The van der Waals surface area contributed by atoms with E-state index in [0.717, 1.165) is 11.3 Å². The van der Waals surface area contributed by atoms with Crippen molar-refractivity contribution >= 4 is 27.3 Å². The smallest absolute Gasteiger partial charge is 0.306 e. The number of aliphatic carboxylic acids is 1. The van der Waals surface area contributed by atoms with Crippen LogP contribution in [0.3, 0.4) is 0 Å². The van der Waals surface area contributed by atoms with Crippen molar-refractivity contribution in [2.75, 3.05) is 19.7 Å². The van der Waals surface area contributed by atoms with E-state index in [0.29, 0.717) is 0 Å². The molecule has 0 spiro atoms. The number of carboxylic acid groups (broad SMARTS) is 1. The Morgan fingerprint density at radius 3 is 3.00 bits per heavy atom. The fourth-order valence-electron chi connectivity index (χ4n) is 1.77. The first-order valence-corrected chi connectivity index (χ1v) is 7.69. The van der Waals surface area contributed by atoms with Crippen LogP contribution in [0.15, 0.2) is 21.7 Å². The summed E-state index contributed by atoms with van der Waals surface area (Å²) in [5, 5.41) is 10.4. The molecule has 1 fully saturated rings. The molecule has 1 aliphatic heterocycles. The number of hydrogen-bond acceptors (Lipinski definition) is 5. The highest BCUT2D eigenvalue weighted by molar-refractivity contribution is 7.91. The highest BCUT2D eigenvalue weighted by atomic mass is 32.2. The fraction of sp³-hybridized carbons (Fsp3) is 0.500. The molecule has 100 valence electrons. The van der Waals surface area contributed by atoms with Crippen LogP contribution in [0.2, 0.25) is 0 Å². The molecule has 1 N–H and O–H groups in total. The fourth-order valence-corrected chi connectivity index (χ4v) is 4.37. The van der Waals surface area contributed by atoms with Crippen LogP contribution in [-0.4, -0.2) is 49.6 Å². The Bertz CT molecular complexity index is 510. The number of sulfonamides is 1. The number of nitrogens with zero attached hydrogens (tertiary/aromatic N) is 1. The van der Waals surface area contributed by atoms with E-state index < -0.39 is 22.1 Å². The van der Waals surface area contributed by atoms with Gasteiger partial charge in [-0.25, -0.2) is 8.42 Å². The Kier molecular flexibility index (Phi) is 4.00. The van der Waals surface area contributed by atoms with Crippen molar-refractivity contribution in [1.82, 2.24) is 4.31 Å². The number of thiophene rings is 1. The van der Waals surface area contributed by atoms with Crippen molar-refractivity contribution in [1.29, 1.82) is 0 Å². The lowest BCUT2D eigenvalue weighted by molar-refractivity contribution is -0.141. The first kappa shape index (κ1) is 13.5. The van der Waals surface area contributed by atoms with Gasteiger partial charge in [0.05, 0.1) is 19.1 Å². The molecule has 1 unspecified atom stereocenters. The molecule has 0 bridgehead atoms. The summed E-state index contributed by atoms with van der Waals surface area (Å²) in [6, 6.07) is 3.22. The van der Waals surface area contributed by atoms with Gasteiger partial charge in [-0.05, 0) is 11.4 Å². The van der Waals surface area contributed by atoms with Crippen molar-refractivity contribution in [3.05, 3.63) is 17.5 Å². The molecule has 1 aliphatic rings. The first-order valence-electron chi connectivity index (χ1n) is 5.37. The Balaban J connectivity index is 2.11. The van der Waals surface area contributed by atoms with E-state index in [-0.39, 0.29) is 30.3 Å². The summed E-state index contributed by atoms with van der Waals surface area (Å²) in [6.45, 7) is 0.575. The minimum atomic E-state index is -3.51. The first-order chi connectivity index (χ1) is 8.50. The van der Waals surface area contributed by atoms with Crippen molar-refractivity contribution in [3.8, 4) is 0 Å². The van der Waals surface area contributed by atoms with Crippen LogP contribution in [0.1, 0.15) is 6.42 Å². The second-order valence-corrected chi connectivity index (χ2v) is 7.00. The molecule has 18 heavy (non-hydrogen) atoms. The van der Waals surface area contributed by atoms with Crippen molar-refractivity contribution in [3.63, 3.8) is 0 Å². The van der Waals surface area contributed by atoms with Crippen LogP contribution in [0.5, 0.6) is 0 Å². The number of hydrogen-bond donors (Lipinski definition) is 1. The second-order valence-electron chi connectivity index (χ2n) is 3.89. The molecule has 0 saturated carbocycles. The number of morpholine rings is 1. The zero-order valence-corrected chi connectivity index (χ0v) is 11.1. The number of carboxylic acids is 1. The Hall–Kier alpha value is -0.960. The van der Waals surface area contributed by atoms with Gasteiger partial charge in [0.25, 0.3) is 10.0 Å². The molecule has 6 nitrogen and oxygen atoms in total. The summed E-state index contributed by atoms with van der Waals surface area (Å²) in [4.78, 5) is 10.6. The molecule has 0 aliphatic carbocycles. The maximum Gasteiger partial charge on any atom is 0.306 e. The molecule has 2 rings (SSSR count). The standard InChI is InChI=1S/C10H13NO5S2/c12-9(13)6-8-7-11(3-4-16-8)18(14,15)10-2-1-5-17-10/h1-2,5,8H,3-4,6-7H2,(H,12,13). The predicted octanol–water partition coefficient (Wildman–Crippen LogP) is 0.612. The van der Waals surface area contributed by atoms with Crippen molar-refractivity contribution in [2.24, 2.45) is 0 Å². The normalized spacial score (nSPS) is 21.9. The third-order valence-electron chi connectivity index (χ3n) is 2.59. The van der Waals surface area contributed by atoms with Gasteiger partial charge in [-0.1, -0.05) is 6.07 Å². The van der Waals surface area contributed by atoms with E-state index in [1.54, 1.807) is 17.5 Å². The molecule has 2 heterocycles. The van der Waals surface area contributed by atoms with Crippen LogP contribution in [-0.2, 0) is 19.6 Å². The van der Waals surface area contributed by atoms with Crippen molar-refractivity contribution < 1.29 is 23.1 Å². The summed E-state index contributed by atoms with van der Waals surface area (Å²) in [5.74, 6) is -0.990. The highest BCUT2D eigenvalue weighted by Gasteiger charge is 2.32. The average Bonchev–Trinajstić information content (AvgIpc) is 2.82. The van der Waals surface area contributed by atoms with E-state index in [2.05, 4.69) is 0 Å². The van der Waals surface area contributed by atoms with Crippen LogP contribution >= 0.6 is 11.3 Å². The Morgan fingerprint density at radius 1 is 1.61 bits per heavy atom. The lowest BCUT2D eigenvalue weighted by Crippen LogP contribution is -2.45. The summed E-state index contributed by atoms with van der Waals surface area (Å²) >= 11 is 1.15. The van der Waals surface area contributed by atoms with E-state index in [1.165, 1.54) is 4.31 Å². The van der Waals surface area contributed by atoms with Gasteiger partial charge in [-0.15, -0.1) is 11.3 Å². The van der Waals surface area contributed by atoms with Crippen LogP contribution in [0, 0.1) is 0 Å². The minimum absolute atomic E-state index is 0.0898. The molecular formula is C10H13NO5S2. The second kappa shape index (κ2) is 5.35. The topological polar surface area (TPSA) is 83.9 Å². The monoisotopic (exact) mass is 291 g/mol. The zero-order valence-electron chi connectivity index (χ0n) is 9.48. The van der Waals surface area contributed by atoms with E-state index >= 15 is 0 Å². The summed E-state index contributed by atoms with van der Waals surface area (Å²) in [7, 11) is -3.51. The Labute approximate surface area is 109 Å². The van der Waals surface area contributed by atoms with Crippen LogP contribution < -0.4 is 0 Å². The number of ether oxygens (including phenoxy) is 1. The highest BCUT2D eigenvalue weighted by Crippen LogP contribution is 2.23. The third kappa shape index (κ3) is 2.89. The summed E-state index contributed by atoms with van der Waals surface area (Å²) in [5.41, 5.74) is 0. The van der Waals surface area contributed by atoms with E-state index in [4.69, 9.17) is 9.84 Å². The maximum atomic E-state index is 12.2. The number of rotatable bonds is 4. The number of carbonyl (C=O) groups is 1. The average molecular weight is 291 g/mol. The maximum absolute atomic E-state index is 12.2. The van der Waals surface area contributed by atoms with Gasteiger partial charge in [-0.2, -0.15) is 4.31 Å². The van der Waals surface area contributed by atoms with E-state index in [1.807, 2.05) is 0 Å². The molecule has 0 aromatic carbocycles. The van der Waals surface area contributed by atoms with Gasteiger partial charge in [0, 0.05) is 13.1 Å². The van der Waals surface area contributed by atoms with Gasteiger partial charge >= 0.3 is 5.97 Å². The van der Waals surface area contributed by atoms with Crippen LogP contribution in [0.4, 0.5) is 0 Å². The van der Waals surface area contributed by atoms with Crippen molar-refractivity contribution in [2.45, 2.75) is 16.7 Å². The van der Waals surface area contributed by atoms with E-state index in [9.17, 15) is 13.2 Å². The minimum Gasteiger partial charge on any atom is -0.481 e. The van der Waals surface area contributed by atoms with Gasteiger partial charge in [0.2, 0.25) is 0 Å². The molecule has 8 heteroatoms. The molecule has 1 atom stereocenters. The molecular weight excluding hydrogens is 278 g/mol. The molecule has 1 saturated heterocycles. The molecule has 1 aromatic rings. The molecule has 0 amide bonds. The summed E-state index contributed by atoms with van der Waals surface area (Å²) < 4.78 is 31.2. The van der Waals surface area contributed by atoms with Gasteiger partial charge in [0.1, 0.15) is 4.21 Å². The largest absolute Gasteiger partial charge is 0.481 e. The van der Waals surface area contributed by atoms with Gasteiger partial charge in [0.15, 0.2) is 0 Å². The third-order valence-corrected chi connectivity index (χ3v) is 5.83. The Morgan fingerprint density at radius 2 is 2.39 bits per heavy atom. The molecule has 1 aromatic heterocycles. The summed E-state index contributed by atoms with van der Waals surface area (Å²) in [6.07, 6.45) is -0.762. The molecule has 0 radical (unpaired) electrons. The SMILES string of the molecule is O=C(O)CC1CN(S(=O)(=O)c2cccs2)CCO1. The predicted molar refractivity (Wildman–Crippen MR) is 65.1 cm³/mol. The zero-order chi connectivity index (χ0) is 13.2. The van der Waals surface area contributed by atoms with Gasteiger partial charge < -0.3 is 9.84 Å².